The summed E-state index contributed by atoms with van der Waals surface area (Å²) in [6.45, 7) is 7.77. The molecule has 0 saturated heterocycles. The maximum atomic E-state index is 12.3. The zero-order chi connectivity index (χ0) is 20.4. The summed E-state index contributed by atoms with van der Waals surface area (Å²) in [6.07, 6.45) is 1.10. The molecule has 1 atom stereocenters. The lowest BCUT2D eigenvalue weighted by Gasteiger charge is -2.17. The van der Waals surface area contributed by atoms with Gasteiger partial charge in [0.25, 0.3) is 0 Å². The van der Waals surface area contributed by atoms with Crippen LogP contribution in [0, 0.1) is 19.8 Å². The number of carbonyl (C=O) groups excluding carboxylic acids is 1. The number of carbonyl (C=O) groups is 2. The number of fused-ring (bicyclic) bond motifs is 3. The summed E-state index contributed by atoms with van der Waals surface area (Å²) in [7, 11) is 0. The van der Waals surface area contributed by atoms with Crippen molar-refractivity contribution < 1.29 is 14.7 Å². The first-order valence-corrected chi connectivity index (χ1v) is 9.53. The van der Waals surface area contributed by atoms with E-state index in [1.54, 1.807) is 0 Å². The van der Waals surface area contributed by atoms with Crippen molar-refractivity contribution >= 4 is 28.4 Å². The second-order valence-corrected chi connectivity index (χ2v) is 7.60. The molecule has 7 heteroatoms. The molecule has 0 unspecified atom stereocenters. The third kappa shape index (κ3) is 3.98. The molecule has 28 heavy (non-hydrogen) atoms. The number of aryl methyl sites for hydroxylation is 2. The van der Waals surface area contributed by atoms with Crippen molar-refractivity contribution in [1.29, 1.82) is 0 Å². The minimum Gasteiger partial charge on any atom is -0.480 e. The van der Waals surface area contributed by atoms with Gasteiger partial charge in [-0.05, 0) is 50.3 Å². The molecule has 0 aliphatic heterocycles. The largest absolute Gasteiger partial charge is 0.480 e. The van der Waals surface area contributed by atoms with Gasteiger partial charge in [0.1, 0.15) is 6.04 Å². The quantitative estimate of drug-likeness (QED) is 0.655. The van der Waals surface area contributed by atoms with Gasteiger partial charge in [0.2, 0.25) is 5.91 Å². The topological polar surface area (TPSA) is 96.6 Å². The highest BCUT2D eigenvalue weighted by Gasteiger charge is 2.21. The monoisotopic (exact) mass is 382 g/mol. The minimum absolute atomic E-state index is 0.187. The zero-order valence-electron chi connectivity index (χ0n) is 16.7. The molecule has 0 saturated carbocycles. The summed E-state index contributed by atoms with van der Waals surface area (Å²) in [6, 6.07) is 7.00. The number of nitrogens with one attached hydrogen (secondary N) is 1. The van der Waals surface area contributed by atoms with Gasteiger partial charge >= 0.3 is 5.97 Å². The SMILES string of the molecule is Cc1nc2c3ccccc3nn2c(C)c1CCC(=O)N[C@@H](CC(C)C)C(=O)O. The highest BCUT2D eigenvalue weighted by Crippen LogP contribution is 2.23. The highest BCUT2D eigenvalue weighted by atomic mass is 16.4. The average Bonchev–Trinajstić information content (AvgIpc) is 2.99. The van der Waals surface area contributed by atoms with Crippen molar-refractivity contribution in [2.75, 3.05) is 0 Å². The number of aliphatic carboxylic acids is 1. The minimum atomic E-state index is -0.999. The Morgan fingerprint density at radius 3 is 2.61 bits per heavy atom. The second-order valence-electron chi connectivity index (χ2n) is 7.60. The number of benzene rings is 1. The van der Waals surface area contributed by atoms with E-state index in [-0.39, 0.29) is 18.2 Å². The Balaban J connectivity index is 1.79. The number of hydrogen-bond donors (Lipinski definition) is 2. The van der Waals surface area contributed by atoms with Gasteiger partial charge in [0.15, 0.2) is 5.65 Å². The third-order valence-corrected chi connectivity index (χ3v) is 4.96. The van der Waals surface area contributed by atoms with Crippen LogP contribution in [0.5, 0.6) is 0 Å². The molecule has 2 aromatic heterocycles. The molecule has 0 spiro atoms. The van der Waals surface area contributed by atoms with E-state index in [9.17, 15) is 14.7 Å². The maximum Gasteiger partial charge on any atom is 0.326 e. The van der Waals surface area contributed by atoms with E-state index in [4.69, 9.17) is 4.98 Å². The van der Waals surface area contributed by atoms with Crippen molar-refractivity contribution in [3.8, 4) is 0 Å². The van der Waals surface area contributed by atoms with E-state index < -0.39 is 12.0 Å². The Kier molecular flexibility index (Phi) is 5.63. The first kappa shape index (κ1) is 19.8. The summed E-state index contributed by atoms with van der Waals surface area (Å²) in [4.78, 5) is 28.4. The molecule has 3 rings (SSSR count). The van der Waals surface area contributed by atoms with Gasteiger partial charge in [-0.15, -0.1) is 0 Å². The van der Waals surface area contributed by atoms with E-state index in [1.165, 1.54) is 0 Å². The number of carboxylic acids is 1. The number of rotatable bonds is 7. The lowest BCUT2D eigenvalue weighted by atomic mass is 10.0. The first-order chi connectivity index (χ1) is 13.3. The lowest BCUT2D eigenvalue weighted by molar-refractivity contribution is -0.142. The molecule has 3 aromatic rings. The van der Waals surface area contributed by atoms with Gasteiger partial charge in [-0.2, -0.15) is 5.10 Å². The van der Waals surface area contributed by atoms with Crippen LogP contribution in [0.1, 0.15) is 43.6 Å². The van der Waals surface area contributed by atoms with E-state index >= 15 is 0 Å². The van der Waals surface area contributed by atoms with Crippen LogP contribution in [0.4, 0.5) is 0 Å². The number of amides is 1. The van der Waals surface area contributed by atoms with Crippen LogP contribution in [0.2, 0.25) is 0 Å². The molecule has 0 fully saturated rings. The number of nitrogens with zero attached hydrogens (tertiary/aromatic N) is 3. The number of carboxylic acid groups (broad SMARTS) is 1. The third-order valence-electron chi connectivity index (χ3n) is 4.96. The van der Waals surface area contributed by atoms with E-state index in [1.807, 2.05) is 56.5 Å². The summed E-state index contributed by atoms with van der Waals surface area (Å²) in [5, 5.41) is 17.6. The van der Waals surface area contributed by atoms with Gasteiger partial charge in [-0.25, -0.2) is 14.3 Å². The van der Waals surface area contributed by atoms with Crippen LogP contribution in [0.15, 0.2) is 24.3 Å². The van der Waals surface area contributed by atoms with Crippen molar-refractivity contribution in [1.82, 2.24) is 19.9 Å². The van der Waals surface area contributed by atoms with E-state index in [0.717, 1.165) is 33.5 Å². The standard InChI is InChI=1S/C21H26N4O3/c1-12(2)11-18(21(27)28)23-19(26)10-9-15-13(3)22-20-16-7-5-6-8-17(16)24-25(20)14(15)4/h5-8,12,18H,9-11H2,1-4H3,(H,23,26)(H,27,28)/t18-/m0/s1. The summed E-state index contributed by atoms with van der Waals surface area (Å²) in [5.41, 5.74) is 4.46. The molecule has 2 heterocycles. The first-order valence-electron chi connectivity index (χ1n) is 9.53. The maximum absolute atomic E-state index is 12.3. The Morgan fingerprint density at radius 2 is 1.93 bits per heavy atom. The van der Waals surface area contributed by atoms with Crippen molar-refractivity contribution in [2.45, 2.75) is 53.0 Å². The van der Waals surface area contributed by atoms with Crippen LogP contribution in [-0.4, -0.2) is 37.6 Å². The summed E-state index contributed by atoms with van der Waals surface area (Å²) in [5.74, 6) is -1.08. The molecule has 2 N–H and O–H groups in total. The van der Waals surface area contributed by atoms with Crippen LogP contribution >= 0.6 is 0 Å². The van der Waals surface area contributed by atoms with Crippen LogP contribution in [0.25, 0.3) is 16.6 Å². The predicted octanol–water partition coefficient (Wildman–Crippen LogP) is 3.05. The van der Waals surface area contributed by atoms with Gasteiger partial charge in [0, 0.05) is 23.2 Å². The molecule has 0 radical (unpaired) electrons. The normalized spacial score (nSPS) is 12.6. The van der Waals surface area contributed by atoms with Crippen molar-refractivity contribution in [2.24, 2.45) is 5.92 Å². The fourth-order valence-corrected chi connectivity index (χ4v) is 3.54. The van der Waals surface area contributed by atoms with Crippen LogP contribution in [-0.2, 0) is 16.0 Å². The summed E-state index contributed by atoms with van der Waals surface area (Å²) < 4.78 is 1.82. The number of aromatic nitrogens is 3. The van der Waals surface area contributed by atoms with Gasteiger partial charge < -0.3 is 10.4 Å². The molecule has 148 valence electrons. The van der Waals surface area contributed by atoms with Gasteiger partial charge in [-0.3, -0.25) is 4.79 Å². The molecule has 0 aliphatic rings. The molecular weight excluding hydrogens is 356 g/mol. The van der Waals surface area contributed by atoms with Gasteiger partial charge in [0.05, 0.1) is 5.52 Å². The lowest BCUT2D eigenvalue weighted by Crippen LogP contribution is -2.41. The Labute approximate surface area is 163 Å². The molecule has 0 aliphatic carbocycles. The molecule has 1 aromatic carbocycles. The molecule has 0 bridgehead atoms. The van der Waals surface area contributed by atoms with Gasteiger partial charge in [-0.1, -0.05) is 26.0 Å². The number of hydrogen-bond acceptors (Lipinski definition) is 4. The predicted molar refractivity (Wildman–Crippen MR) is 107 cm³/mol. The smallest absolute Gasteiger partial charge is 0.326 e. The molecular formula is C21H26N4O3. The fraction of sp³-hybridized carbons (Fsp3) is 0.429. The zero-order valence-corrected chi connectivity index (χ0v) is 16.7. The Hall–Kier alpha value is -2.96. The van der Waals surface area contributed by atoms with E-state index in [0.29, 0.717) is 12.8 Å². The Bertz CT molecular complexity index is 1040. The summed E-state index contributed by atoms with van der Waals surface area (Å²) >= 11 is 0. The van der Waals surface area contributed by atoms with Crippen molar-refractivity contribution in [3.05, 3.63) is 41.2 Å². The fourth-order valence-electron chi connectivity index (χ4n) is 3.54. The van der Waals surface area contributed by atoms with Crippen LogP contribution in [0.3, 0.4) is 0 Å². The van der Waals surface area contributed by atoms with E-state index in [2.05, 4.69) is 10.4 Å². The Morgan fingerprint density at radius 1 is 1.21 bits per heavy atom. The van der Waals surface area contributed by atoms with Crippen LogP contribution < -0.4 is 5.32 Å². The molecule has 7 nitrogen and oxygen atoms in total. The average molecular weight is 382 g/mol. The van der Waals surface area contributed by atoms with Crippen molar-refractivity contribution in [3.63, 3.8) is 0 Å². The second kappa shape index (κ2) is 7.96. The molecule has 1 amide bonds. The highest BCUT2D eigenvalue weighted by molar-refractivity contribution is 5.92.